The van der Waals surface area contributed by atoms with E-state index in [-0.39, 0.29) is 11.2 Å². The number of aromatic nitrogens is 1. The Morgan fingerprint density at radius 3 is 2.67 bits per heavy atom. The molecule has 1 aromatic heterocycles. The van der Waals surface area contributed by atoms with Crippen molar-refractivity contribution in [2.24, 2.45) is 5.73 Å². The van der Waals surface area contributed by atoms with E-state index in [0.717, 1.165) is 6.07 Å². The standard InChI is InChI=1S/C5H6N2O4.H2O/c6-4(5(9)10)2-1-3(8)7-11-2;/h1,4H,6H2,(H,7,8)(H,9,10);1H2. The topological polar surface area (TPSA) is 141 Å². The summed E-state index contributed by atoms with van der Waals surface area (Å²) in [5.41, 5.74) is 4.60. The highest BCUT2D eigenvalue weighted by Gasteiger charge is 2.18. The van der Waals surface area contributed by atoms with E-state index in [1.807, 2.05) is 5.16 Å². The van der Waals surface area contributed by atoms with Gasteiger partial charge in [-0.1, -0.05) is 0 Å². The Balaban J connectivity index is 0.00000121. The highest BCUT2D eigenvalue weighted by atomic mass is 16.5. The van der Waals surface area contributed by atoms with Gasteiger partial charge >= 0.3 is 5.97 Å². The molecule has 1 heterocycles. The highest BCUT2D eigenvalue weighted by Crippen LogP contribution is 2.05. The molecule has 1 rings (SSSR count). The lowest BCUT2D eigenvalue weighted by Crippen LogP contribution is -2.20. The fourth-order valence-corrected chi connectivity index (χ4v) is 0.572. The Hall–Kier alpha value is -1.60. The summed E-state index contributed by atoms with van der Waals surface area (Å²) >= 11 is 0. The van der Waals surface area contributed by atoms with Crippen molar-refractivity contribution < 1.29 is 19.9 Å². The van der Waals surface area contributed by atoms with E-state index in [4.69, 9.17) is 10.8 Å². The molecule has 1 unspecified atom stereocenters. The number of carboxylic acids is 1. The van der Waals surface area contributed by atoms with E-state index in [1.165, 1.54) is 0 Å². The summed E-state index contributed by atoms with van der Waals surface area (Å²) in [6, 6.07) is -0.285. The van der Waals surface area contributed by atoms with Gasteiger partial charge in [0.15, 0.2) is 11.8 Å². The molecular weight excluding hydrogens is 168 g/mol. The van der Waals surface area contributed by atoms with E-state index >= 15 is 0 Å². The molecule has 0 spiro atoms. The lowest BCUT2D eigenvalue weighted by Gasteiger charge is -1.97. The molecule has 68 valence electrons. The van der Waals surface area contributed by atoms with E-state index in [9.17, 15) is 9.59 Å². The van der Waals surface area contributed by atoms with Crippen molar-refractivity contribution in [3.8, 4) is 0 Å². The minimum atomic E-state index is -1.28. The van der Waals surface area contributed by atoms with E-state index in [2.05, 4.69) is 4.52 Å². The molecule has 0 radical (unpaired) electrons. The molecule has 7 nitrogen and oxygen atoms in total. The van der Waals surface area contributed by atoms with Crippen molar-refractivity contribution in [3.05, 3.63) is 22.2 Å². The second-order valence-corrected chi connectivity index (χ2v) is 1.93. The Bertz CT molecular complexity index is 314. The van der Waals surface area contributed by atoms with Gasteiger partial charge in [0.1, 0.15) is 0 Å². The van der Waals surface area contributed by atoms with Gasteiger partial charge in [0.05, 0.1) is 0 Å². The van der Waals surface area contributed by atoms with Crippen LogP contribution in [-0.4, -0.2) is 21.7 Å². The minimum Gasteiger partial charge on any atom is -0.480 e. The number of nitrogens with two attached hydrogens (primary N) is 1. The molecule has 6 N–H and O–H groups in total. The van der Waals surface area contributed by atoms with Crippen LogP contribution in [0.4, 0.5) is 0 Å². The third-order valence-corrected chi connectivity index (χ3v) is 1.12. The molecule has 0 bridgehead atoms. The molecule has 0 aliphatic heterocycles. The summed E-state index contributed by atoms with van der Waals surface area (Å²) in [5, 5.41) is 10.3. The summed E-state index contributed by atoms with van der Waals surface area (Å²) in [6.07, 6.45) is 0. The van der Waals surface area contributed by atoms with Gasteiger partial charge in [-0.3, -0.25) is 9.59 Å². The fourth-order valence-electron chi connectivity index (χ4n) is 0.572. The first kappa shape index (κ1) is 10.4. The zero-order valence-corrected chi connectivity index (χ0v) is 5.90. The summed E-state index contributed by atoms with van der Waals surface area (Å²) in [5.74, 6) is -1.32. The van der Waals surface area contributed by atoms with Gasteiger partial charge in [-0.15, -0.1) is 0 Å². The van der Waals surface area contributed by atoms with E-state index < -0.39 is 17.6 Å². The molecule has 7 heteroatoms. The van der Waals surface area contributed by atoms with Crippen molar-refractivity contribution >= 4 is 5.97 Å². The second kappa shape index (κ2) is 3.69. The maximum absolute atomic E-state index is 10.4. The van der Waals surface area contributed by atoms with Crippen LogP contribution in [0, 0.1) is 0 Å². The van der Waals surface area contributed by atoms with Gasteiger partial charge in [0, 0.05) is 6.07 Å². The number of hydrogen-bond donors (Lipinski definition) is 3. The van der Waals surface area contributed by atoms with Gasteiger partial charge in [0.25, 0.3) is 5.56 Å². The van der Waals surface area contributed by atoms with Crippen LogP contribution >= 0.6 is 0 Å². The average Bonchev–Trinajstić information content (AvgIpc) is 2.34. The summed E-state index contributed by atoms with van der Waals surface area (Å²) < 4.78 is 4.44. The van der Waals surface area contributed by atoms with Crippen molar-refractivity contribution in [3.63, 3.8) is 0 Å². The van der Waals surface area contributed by atoms with Crippen molar-refractivity contribution in [1.29, 1.82) is 0 Å². The number of aliphatic carboxylic acids is 1. The SMILES string of the molecule is NC(C(=O)O)c1cc(=O)[nH]o1.O. The predicted octanol–water partition coefficient (Wildman–Crippen LogP) is -1.77. The van der Waals surface area contributed by atoms with Crippen molar-refractivity contribution in [2.75, 3.05) is 0 Å². The number of carbonyl (C=O) groups is 1. The first-order valence-corrected chi connectivity index (χ1v) is 2.78. The number of aromatic amines is 1. The van der Waals surface area contributed by atoms with Crippen LogP contribution in [0.1, 0.15) is 11.8 Å². The van der Waals surface area contributed by atoms with Gasteiger partial charge in [-0.05, 0) is 0 Å². The van der Waals surface area contributed by atoms with Crippen LogP contribution in [0.3, 0.4) is 0 Å². The number of H-pyrrole nitrogens is 1. The minimum absolute atomic E-state index is 0. The van der Waals surface area contributed by atoms with Crippen LogP contribution in [0.15, 0.2) is 15.4 Å². The number of hydrogen-bond acceptors (Lipinski definition) is 4. The average molecular weight is 176 g/mol. The third kappa shape index (κ3) is 1.94. The molecule has 0 fully saturated rings. The summed E-state index contributed by atoms with van der Waals surface area (Å²) in [4.78, 5) is 20.6. The molecule has 1 aromatic rings. The van der Waals surface area contributed by atoms with Crippen LogP contribution in [0.2, 0.25) is 0 Å². The van der Waals surface area contributed by atoms with Crippen LogP contribution < -0.4 is 11.3 Å². The number of nitrogens with one attached hydrogen (secondary N) is 1. The lowest BCUT2D eigenvalue weighted by atomic mass is 10.2. The first-order valence-electron chi connectivity index (χ1n) is 2.78. The number of rotatable bonds is 2. The predicted molar refractivity (Wildman–Crippen MR) is 37.5 cm³/mol. The number of carboxylic acid groups (broad SMARTS) is 1. The maximum atomic E-state index is 10.4. The summed E-state index contributed by atoms with van der Waals surface area (Å²) in [6.45, 7) is 0. The van der Waals surface area contributed by atoms with Gasteiger partial charge in [0.2, 0.25) is 0 Å². The molecule has 0 saturated heterocycles. The molecule has 0 amide bonds. The highest BCUT2D eigenvalue weighted by molar-refractivity contribution is 5.74. The molecule has 12 heavy (non-hydrogen) atoms. The van der Waals surface area contributed by atoms with Crippen LogP contribution in [-0.2, 0) is 4.79 Å². The Labute approximate surface area is 66.1 Å². The molecular formula is C5H8N2O5. The Morgan fingerprint density at radius 2 is 2.33 bits per heavy atom. The Morgan fingerprint density at radius 1 is 1.75 bits per heavy atom. The fraction of sp³-hybridized carbons (Fsp3) is 0.200. The smallest absolute Gasteiger partial charge is 0.328 e. The maximum Gasteiger partial charge on any atom is 0.328 e. The zero-order valence-electron chi connectivity index (χ0n) is 5.90. The first-order chi connectivity index (χ1) is 5.11. The molecule has 0 aromatic carbocycles. The van der Waals surface area contributed by atoms with Gasteiger partial charge < -0.3 is 20.8 Å². The molecule has 0 aliphatic rings. The lowest BCUT2D eigenvalue weighted by molar-refractivity contribution is -0.139. The second-order valence-electron chi connectivity index (χ2n) is 1.93. The summed E-state index contributed by atoms with van der Waals surface area (Å²) in [7, 11) is 0. The molecule has 0 saturated carbocycles. The van der Waals surface area contributed by atoms with Gasteiger partial charge in [-0.25, -0.2) is 0 Å². The molecule has 1 atom stereocenters. The van der Waals surface area contributed by atoms with E-state index in [1.54, 1.807) is 0 Å². The third-order valence-electron chi connectivity index (χ3n) is 1.12. The van der Waals surface area contributed by atoms with Crippen molar-refractivity contribution in [2.45, 2.75) is 6.04 Å². The normalized spacial score (nSPS) is 11.8. The quantitative estimate of drug-likeness (QED) is 0.488. The van der Waals surface area contributed by atoms with Gasteiger partial charge in [-0.2, -0.15) is 5.16 Å². The zero-order chi connectivity index (χ0) is 8.43. The molecule has 0 aliphatic carbocycles. The monoisotopic (exact) mass is 176 g/mol. The largest absolute Gasteiger partial charge is 0.480 e. The van der Waals surface area contributed by atoms with Crippen LogP contribution in [0.5, 0.6) is 0 Å². The van der Waals surface area contributed by atoms with E-state index in [0.29, 0.717) is 0 Å². The van der Waals surface area contributed by atoms with Crippen molar-refractivity contribution in [1.82, 2.24) is 5.16 Å². The Kier molecular flexibility index (Phi) is 3.20. The van der Waals surface area contributed by atoms with Crippen LogP contribution in [0.25, 0.3) is 0 Å².